The van der Waals surface area contributed by atoms with E-state index in [1.54, 1.807) is 23.9 Å². The summed E-state index contributed by atoms with van der Waals surface area (Å²) in [6.45, 7) is 4.15. The fraction of sp³-hybridized carbons (Fsp3) is 0.250. The number of anilines is 2. The Balaban J connectivity index is 2.08. The van der Waals surface area contributed by atoms with Crippen LogP contribution in [0.25, 0.3) is 10.9 Å². The summed E-state index contributed by atoms with van der Waals surface area (Å²) in [5, 5.41) is 8.61. The lowest BCUT2D eigenvalue weighted by atomic mass is 10.2. The molecule has 5 nitrogen and oxygen atoms in total. The predicted octanol–water partition coefficient (Wildman–Crippen LogP) is 3.06. The van der Waals surface area contributed by atoms with E-state index >= 15 is 0 Å². The zero-order chi connectivity index (χ0) is 15.0. The van der Waals surface area contributed by atoms with Crippen molar-refractivity contribution in [3.05, 3.63) is 53.1 Å². The predicted molar refractivity (Wildman–Crippen MR) is 85.1 cm³/mol. The van der Waals surface area contributed by atoms with Gasteiger partial charge in [0.2, 0.25) is 0 Å². The van der Waals surface area contributed by atoms with Gasteiger partial charge in [-0.2, -0.15) is 5.10 Å². The average Bonchev–Trinajstić information content (AvgIpc) is 2.93. The minimum Gasteiger partial charge on any atom is -0.352 e. The van der Waals surface area contributed by atoms with Crippen LogP contribution in [-0.4, -0.2) is 14.3 Å². The number of nitrogens with one attached hydrogen (secondary N) is 1. The van der Waals surface area contributed by atoms with Crippen LogP contribution in [-0.2, 0) is 7.05 Å². The maximum atomic E-state index is 12.1. The van der Waals surface area contributed by atoms with Crippen LogP contribution in [0.1, 0.15) is 19.9 Å². The largest absolute Gasteiger partial charge is 0.352 e. The molecule has 0 amide bonds. The number of hydrogen-bond acceptors (Lipinski definition) is 3. The number of pyridine rings is 1. The van der Waals surface area contributed by atoms with Gasteiger partial charge in [0, 0.05) is 30.7 Å². The average molecular weight is 282 g/mol. The number of rotatable bonds is 3. The molecular formula is C16H18N4O. The van der Waals surface area contributed by atoms with Crippen molar-refractivity contribution >= 4 is 22.3 Å². The van der Waals surface area contributed by atoms with Crippen molar-refractivity contribution < 1.29 is 0 Å². The van der Waals surface area contributed by atoms with Crippen LogP contribution >= 0.6 is 0 Å². The Bertz CT molecular complexity index is 845. The molecule has 3 rings (SSSR count). The van der Waals surface area contributed by atoms with E-state index in [0.29, 0.717) is 6.04 Å². The summed E-state index contributed by atoms with van der Waals surface area (Å²) in [7, 11) is 1.78. The van der Waals surface area contributed by atoms with Crippen LogP contribution in [0.5, 0.6) is 0 Å². The molecule has 0 radical (unpaired) electrons. The van der Waals surface area contributed by atoms with Gasteiger partial charge in [-0.05, 0) is 19.9 Å². The third kappa shape index (κ3) is 2.42. The van der Waals surface area contributed by atoms with Crippen LogP contribution in [0.15, 0.2) is 47.5 Å². The summed E-state index contributed by atoms with van der Waals surface area (Å²) >= 11 is 0. The lowest BCUT2D eigenvalue weighted by Gasteiger charge is -2.11. The summed E-state index contributed by atoms with van der Waals surface area (Å²) in [5.74, 6) is 0. The Morgan fingerprint density at radius 3 is 2.71 bits per heavy atom. The van der Waals surface area contributed by atoms with E-state index in [1.807, 2.05) is 35.1 Å². The van der Waals surface area contributed by atoms with Gasteiger partial charge in [0.1, 0.15) is 0 Å². The molecule has 2 aromatic heterocycles. The van der Waals surface area contributed by atoms with Crippen LogP contribution < -0.4 is 10.9 Å². The molecule has 21 heavy (non-hydrogen) atoms. The molecule has 0 bridgehead atoms. The van der Waals surface area contributed by atoms with Gasteiger partial charge in [0.15, 0.2) is 0 Å². The van der Waals surface area contributed by atoms with Crippen molar-refractivity contribution in [2.24, 2.45) is 7.05 Å². The quantitative estimate of drug-likeness (QED) is 0.803. The monoisotopic (exact) mass is 282 g/mol. The Labute approximate surface area is 122 Å². The van der Waals surface area contributed by atoms with Crippen LogP contribution in [0, 0.1) is 0 Å². The highest BCUT2D eigenvalue weighted by molar-refractivity contribution is 5.93. The maximum absolute atomic E-state index is 12.1. The molecule has 1 N–H and O–H groups in total. The van der Waals surface area contributed by atoms with E-state index in [9.17, 15) is 4.79 Å². The zero-order valence-electron chi connectivity index (χ0n) is 12.4. The second kappa shape index (κ2) is 5.09. The van der Waals surface area contributed by atoms with E-state index in [-0.39, 0.29) is 5.56 Å². The second-order valence-electron chi connectivity index (χ2n) is 5.40. The van der Waals surface area contributed by atoms with E-state index in [1.165, 1.54) is 0 Å². The third-order valence-electron chi connectivity index (χ3n) is 3.56. The highest BCUT2D eigenvalue weighted by Gasteiger charge is 2.08. The fourth-order valence-corrected chi connectivity index (χ4v) is 2.35. The number of benzene rings is 1. The molecule has 1 aromatic carbocycles. The van der Waals surface area contributed by atoms with Crippen molar-refractivity contribution in [2.45, 2.75) is 19.9 Å². The third-order valence-corrected chi connectivity index (χ3v) is 3.56. The summed E-state index contributed by atoms with van der Waals surface area (Å²) in [4.78, 5) is 12.1. The summed E-state index contributed by atoms with van der Waals surface area (Å²) < 4.78 is 3.53. The normalized spacial score (nSPS) is 11.2. The molecule has 0 spiro atoms. The van der Waals surface area contributed by atoms with Gasteiger partial charge >= 0.3 is 0 Å². The Morgan fingerprint density at radius 1 is 1.24 bits per heavy atom. The number of aryl methyl sites for hydroxylation is 1. The molecule has 0 atom stereocenters. The van der Waals surface area contributed by atoms with Gasteiger partial charge in [-0.15, -0.1) is 0 Å². The molecule has 0 saturated heterocycles. The van der Waals surface area contributed by atoms with Crippen LogP contribution in [0.2, 0.25) is 0 Å². The SMILES string of the molecule is CC(C)n1cc(Nc2cc(=O)n(C)c3ccccc23)cn1. The lowest BCUT2D eigenvalue weighted by molar-refractivity contribution is 0.532. The first-order valence-electron chi connectivity index (χ1n) is 6.96. The number of nitrogens with zero attached hydrogens (tertiary/aromatic N) is 3. The van der Waals surface area contributed by atoms with E-state index in [0.717, 1.165) is 22.3 Å². The molecule has 0 unspecified atom stereocenters. The van der Waals surface area contributed by atoms with Crippen molar-refractivity contribution in [2.75, 3.05) is 5.32 Å². The van der Waals surface area contributed by atoms with Crippen LogP contribution in [0.3, 0.4) is 0 Å². The van der Waals surface area contributed by atoms with Gasteiger partial charge < -0.3 is 9.88 Å². The highest BCUT2D eigenvalue weighted by atomic mass is 16.1. The van der Waals surface area contributed by atoms with E-state index in [2.05, 4.69) is 24.3 Å². The number of hydrogen-bond donors (Lipinski definition) is 1. The number of para-hydroxylation sites is 1. The lowest BCUT2D eigenvalue weighted by Crippen LogP contribution is -2.16. The van der Waals surface area contributed by atoms with E-state index in [4.69, 9.17) is 0 Å². The summed E-state index contributed by atoms with van der Waals surface area (Å²) in [6, 6.07) is 9.78. The Morgan fingerprint density at radius 2 is 2.00 bits per heavy atom. The minimum absolute atomic E-state index is 0.0348. The smallest absolute Gasteiger partial charge is 0.252 e. The van der Waals surface area contributed by atoms with Gasteiger partial charge in [-0.1, -0.05) is 18.2 Å². The maximum Gasteiger partial charge on any atom is 0.252 e. The molecule has 2 heterocycles. The highest BCUT2D eigenvalue weighted by Crippen LogP contribution is 2.24. The molecule has 0 aliphatic rings. The van der Waals surface area contributed by atoms with Gasteiger partial charge in [-0.25, -0.2) is 0 Å². The molecular weight excluding hydrogens is 264 g/mol. The van der Waals surface area contributed by atoms with Gasteiger partial charge in [-0.3, -0.25) is 9.48 Å². The molecule has 3 aromatic rings. The topological polar surface area (TPSA) is 51.9 Å². The summed E-state index contributed by atoms with van der Waals surface area (Å²) in [5.41, 5.74) is 2.55. The van der Waals surface area contributed by atoms with Gasteiger partial charge in [0.25, 0.3) is 5.56 Å². The molecule has 0 saturated carbocycles. The van der Waals surface area contributed by atoms with Crippen molar-refractivity contribution in [1.82, 2.24) is 14.3 Å². The molecule has 5 heteroatoms. The molecule has 0 fully saturated rings. The fourth-order valence-electron chi connectivity index (χ4n) is 2.35. The van der Waals surface area contributed by atoms with E-state index < -0.39 is 0 Å². The van der Waals surface area contributed by atoms with Gasteiger partial charge in [0.05, 0.1) is 23.1 Å². The zero-order valence-corrected chi connectivity index (χ0v) is 12.4. The number of aromatic nitrogens is 3. The standard InChI is InChI=1S/C16H18N4O/c1-11(2)20-10-12(9-17-20)18-14-8-16(21)19(3)15-7-5-4-6-13(14)15/h4-11,18H,1-3H3. The molecule has 0 aliphatic heterocycles. The molecule has 0 aliphatic carbocycles. The van der Waals surface area contributed by atoms with Crippen molar-refractivity contribution in [3.8, 4) is 0 Å². The minimum atomic E-state index is -0.0348. The summed E-state index contributed by atoms with van der Waals surface area (Å²) in [6.07, 6.45) is 3.71. The number of fused-ring (bicyclic) bond motifs is 1. The van der Waals surface area contributed by atoms with Crippen LogP contribution in [0.4, 0.5) is 11.4 Å². The Hall–Kier alpha value is -2.56. The van der Waals surface area contributed by atoms with Crippen molar-refractivity contribution in [3.63, 3.8) is 0 Å². The first-order valence-corrected chi connectivity index (χ1v) is 6.96. The Kier molecular flexibility index (Phi) is 3.25. The first kappa shape index (κ1) is 13.4. The molecule has 108 valence electrons. The van der Waals surface area contributed by atoms with Crippen molar-refractivity contribution in [1.29, 1.82) is 0 Å². The second-order valence-corrected chi connectivity index (χ2v) is 5.40. The first-order chi connectivity index (χ1) is 10.1.